The molecule has 2 aromatic rings. The Bertz CT molecular complexity index is 669. The third kappa shape index (κ3) is 5.10. The van der Waals surface area contributed by atoms with Crippen molar-refractivity contribution in [3.63, 3.8) is 0 Å². The molecule has 0 saturated carbocycles. The summed E-state index contributed by atoms with van der Waals surface area (Å²) in [6.45, 7) is 2.01. The summed E-state index contributed by atoms with van der Waals surface area (Å²) in [6, 6.07) is 3.96. The van der Waals surface area contributed by atoms with Gasteiger partial charge in [-0.2, -0.15) is 0 Å². The fraction of sp³-hybridized carbons (Fsp3) is 0.250. The van der Waals surface area contributed by atoms with Gasteiger partial charge >= 0.3 is 0 Å². The topological polar surface area (TPSA) is 38.7 Å². The molecular weight excluding hydrogens is 431 g/mol. The summed E-state index contributed by atoms with van der Waals surface area (Å²) in [7, 11) is 0. The molecule has 0 bridgehead atoms. The Morgan fingerprint density at radius 3 is 1.82 bits per heavy atom. The fourth-order valence-corrected chi connectivity index (χ4v) is 2.71. The monoisotopic (exact) mass is 435 g/mol. The Morgan fingerprint density at radius 2 is 1.41 bits per heavy atom. The second-order valence-corrected chi connectivity index (χ2v) is 10.0. The predicted molar refractivity (Wildman–Crippen MR) is 96.3 cm³/mol. The molecule has 2 heterocycles. The lowest BCUT2D eigenvalue weighted by Crippen LogP contribution is -2.16. The van der Waals surface area contributed by atoms with Crippen molar-refractivity contribution in [3.8, 4) is 0 Å². The highest BCUT2D eigenvalue weighted by molar-refractivity contribution is 7.12. The summed E-state index contributed by atoms with van der Waals surface area (Å²) in [6.07, 6.45) is 3.45. The zero-order valence-corrected chi connectivity index (χ0v) is 16.2. The average Bonchev–Trinajstić information content (AvgIpc) is 2.80. The van der Waals surface area contributed by atoms with Gasteiger partial charge in [0, 0.05) is 9.75 Å². The van der Waals surface area contributed by atoms with Gasteiger partial charge < -0.3 is 0 Å². The minimum absolute atomic E-state index is 0.115. The van der Waals surface area contributed by atoms with Gasteiger partial charge in [0.25, 0.3) is 0 Å². The standard InChI is InChI=1S/C12H7Cl6N3S/c1-6-2-3-7(22-6)4-5-8-19-9(11(13,14)15)21-10(20-8)12(16,17)18/h2-5H,1H3/b5-4+. The van der Waals surface area contributed by atoms with E-state index in [2.05, 4.69) is 15.0 Å². The first-order valence-corrected chi connectivity index (χ1v) is 8.79. The molecule has 0 fully saturated rings. The summed E-state index contributed by atoms with van der Waals surface area (Å²) in [4.78, 5) is 14.2. The lowest BCUT2D eigenvalue weighted by Gasteiger charge is -2.14. The smallest absolute Gasteiger partial charge is 0.209 e. The highest BCUT2D eigenvalue weighted by atomic mass is 35.6. The van der Waals surface area contributed by atoms with E-state index in [1.165, 1.54) is 4.88 Å². The first-order valence-electron chi connectivity index (χ1n) is 5.71. The van der Waals surface area contributed by atoms with E-state index in [9.17, 15) is 0 Å². The van der Waals surface area contributed by atoms with Crippen LogP contribution in [0, 0.1) is 6.92 Å². The highest BCUT2D eigenvalue weighted by Crippen LogP contribution is 2.40. The van der Waals surface area contributed by atoms with Gasteiger partial charge in [-0.05, 0) is 31.2 Å². The van der Waals surface area contributed by atoms with E-state index < -0.39 is 7.59 Å². The zero-order chi connectivity index (χ0) is 16.5. The van der Waals surface area contributed by atoms with Crippen molar-refractivity contribution in [2.75, 3.05) is 0 Å². The van der Waals surface area contributed by atoms with E-state index in [0.717, 1.165) is 4.88 Å². The molecule has 0 atom stereocenters. The van der Waals surface area contributed by atoms with Crippen LogP contribution in [0.3, 0.4) is 0 Å². The normalized spacial score (nSPS) is 13.0. The number of hydrogen-bond acceptors (Lipinski definition) is 4. The van der Waals surface area contributed by atoms with Gasteiger partial charge in [0.2, 0.25) is 7.59 Å². The van der Waals surface area contributed by atoms with Gasteiger partial charge in [-0.25, -0.2) is 15.0 Å². The summed E-state index contributed by atoms with van der Waals surface area (Å²) >= 11 is 36.4. The molecule has 0 radical (unpaired) electrons. The third-order valence-electron chi connectivity index (χ3n) is 2.32. The van der Waals surface area contributed by atoms with Gasteiger partial charge in [-0.1, -0.05) is 69.6 Å². The molecular formula is C12H7Cl6N3S. The number of alkyl halides is 6. The number of aryl methyl sites for hydroxylation is 1. The van der Waals surface area contributed by atoms with Crippen LogP contribution in [-0.2, 0) is 7.59 Å². The van der Waals surface area contributed by atoms with Gasteiger partial charge in [0.05, 0.1) is 0 Å². The Balaban J connectivity index is 2.44. The van der Waals surface area contributed by atoms with E-state index >= 15 is 0 Å². The number of aromatic nitrogens is 3. The fourth-order valence-electron chi connectivity index (χ4n) is 1.42. The predicted octanol–water partition coefficient (Wildman–Crippen LogP) is 6.07. The summed E-state index contributed by atoms with van der Waals surface area (Å²) < 4.78 is -3.70. The van der Waals surface area contributed by atoms with E-state index in [0.29, 0.717) is 0 Å². The number of rotatable bonds is 2. The number of hydrogen-bond donors (Lipinski definition) is 0. The molecule has 10 heteroatoms. The van der Waals surface area contributed by atoms with E-state index in [4.69, 9.17) is 69.6 Å². The molecule has 0 saturated heterocycles. The first kappa shape index (κ1) is 18.5. The summed E-state index contributed by atoms with van der Waals surface area (Å²) in [5.41, 5.74) is 0. The average molecular weight is 438 g/mol. The molecule has 2 rings (SSSR count). The van der Waals surface area contributed by atoms with Crippen LogP contribution in [0.15, 0.2) is 12.1 Å². The quantitative estimate of drug-likeness (QED) is 0.535. The van der Waals surface area contributed by atoms with Crippen LogP contribution in [0.5, 0.6) is 0 Å². The lowest BCUT2D eigenvalue weighted by molar-refractivity contribution is 0.835. The van der Waals surface area contributed by atoms with Crippen molar-refractivity contribution < 1.29 is 0 Å². The van der Waals surface area contributed by atoms with Crippen LogP contribution < -0.4 is 0 Å². The molecule has 2 aromatic heterocycles. The van der Waals surface area contributed by atoms with Crippen molar-refractivity contribution >= 4 is 93.1 Å². The molecule has 0 aromatic carbocycles. The first-order chi connectivity index (χ1) is 10.1. The zero-order valence-electron chi connectivity index (χ0n) is 10.8. The van der Waals surface area contributed by atoms with Crippen molar-refractivity contribution in [2.24, 2.45) is 0 Å². The van der Waals surface area contributed by atoms with Crippen LogP contribution >= 0.6 is 80.9 Å². The Kier molecular flexibility index (Phi) is 5.87. The summed E-state index contributed by atoms with van der Waals surface area (Å²) in [5.74, 6) is -0.00428. The van der Waals surface area contributed by atoms with Crippen molar-refractivity contribution in [1.29, 1.82) is 0 Å². The largest absolute Gasteiger partial charge is 0.250 e. The molecule has 0 N–H and O–H groups in total. The van der Waals surface area contributed by atoms with Crippen molar-refractivity contribution in [2.45, 2.75) is 14.5 Å². The molecule has 22 heavy (non-hydrogen) atoms. The maximum absolute atomic E-state index is 5.80. The Labute approximate surface area is 161 Å². The molecule has 118 valence electrons. The maximum atomic E-state index is 5.80. The van der Waals surface area contributed by atoms with Gasteiger partial charge in [0.1, 0.15) is 0 Å². The molecule has 0 aliphatic heterocycles. The second kappa shape index (κ2) is 6.98. The third-order valence-corrected chi connectivity index (χ3v) is 4.30. The molecule has 0 spiro atoms. The van der Waals surface area contributed by atoms with Crippen LogP contribution in [0.4, 0.5) is 0 Å². The lowest BCUT2D eigenvalue weighted by atomic mass is 10.4. The Hall–Kier alpha value is 0.190. The number of halogens is 6. The SMILES string of the molecule is Cc1ccc(/C=C/c2nc(C(Cl)(Cl)Cl)nc(C(Cl)(Cl)Cl)n2)s1. The minimum atomic E-state index is -1.85. The van der Waals surface area contributed by atoms with E-state index in [1.807, 2.05) is 25.1 Å². The second-order valence-electron chi connectivity index (χ2n) is 4.12. The van der Waals surface area contributed by atoms with Gasteiger partial charge in [0.15, 0.2) is 17.5 Å². The van der Waals surface area contributed by atoms with Crippen molar-refractivity contribution in [1.82, 2.24) is 15.0 Å². The minimum Gasteiger partial charge on any atom is -0.209 e. The van der Waals surface area contributed by atoms with Crippen LogP contribution in [-0.4, -0.2) is 15.0 Å². The van der Waals surface area contributed by atoms with Gasteiger partial charge in [-0.3, -0.25) is 0 Å². The van der Waals surface area contributed by atoms with E-state index in [1.54, 1.807) is 17.4 Å². The molecule has 0 unspecified atom stereocenters. The van der Waals surface area contributed by atoms with Crippen molar-refractivity contribution in [3.05, 3.63) is 39.4 Å². The van der Waals surface area contributed by atoms with Crippen LogP contribution in [0.1, 0.15) is 27.2 Å². The maximum Gasteiger partial charge on any atom is 0.250 e. The number of thiophene rings is 1. The summed E-state index contributed by atoms with van der Waals surface area (Å²) in [5, 5.41) is 0. The number of nitrogens with zero attached hydrogens (tertiary/aromatic N) is 3. The Morgan fingerprint density at radius 1 is 0.864 bits per heavy atom. The molecule has 0 aliphatic carbocycles. The molecule has 3 nitrogen and oxygen atoms in total. The van der Waals surface area contributed by atoms with Gasteiger partial charge in [-0.15, -0.1) is 11.3 Å². The van der Waals surface area contributed by atoms with Crippen LogP contribution in [0.2, 0.25) is 0 Å². The van der Waals surface area contributed by atoms with E-state index in [-0.39, 0.29) is 17.5 Å². The molecule has 0 aliphatic rings. The highest BCUT2D eigenvalue weighted by Gasteiger charge is 2.33. The molecule has 0 amide bonds. The van der Waals surface area contributed by atoms with Crippen LogP contribution in [0.25, 0.3) is 12.2 Å².